The summed E-state index contributed by atoms with van der Waals surface area (Å²) in [4.78, 5) is 0. The predicted octanol–water partition coefficient (Wildman–Crippen LogP) is 5.89. The number of benzene rings is 2. The monoisotopic (exact) mass is 274 g/mol. The first-order valence-corrected chi connectivity index (χ1v) is 7.51. The van der Waals surface area contributed by atoms with E-state index in [4.69, 9.17) is 0 Å². The Balaban J connectivity index is 2.39. The van der Waals surface area contributed by atoms with Crippen LogP contribution in [-0.4, -0.2) is 0 Å². The highest BCUT2D eigenvalue weighted by Gasteiger charge is 2.37. The largest absolute Gasteiger partial charge is 0.0991 e. The quantitative estimate of drug-likeness (QED) is 0.599. The van der Waals surface area contributed by atoms with Crippen LogP contribution in [0.2, 0.25) is 0 Å². The van der Waals surface area contributed by atoms with E-state index in [0.717, 1.165) is 0 Å². The summed E-state index contributed by atoms with van der Waals surface area (Å²) < 4.78 is 0. The molecule has 2 aromatic rings. The van der Waals surface area contributed by atoms with Crippen molar-refractivity contribution in [2.45, 2.75) is 33.1 Å². The first kappa shape index (κ1) is 13.9. The smallest absolute Gasteiger partial charge is 0.0164 e. The molecule has 0 aromatic heterocycles. The van der Waals surface area contributed by atoms with E-state index in [2.05, 4.69) is 76.7 Å². The summed E-state index contributed by atoms with van der Waals surface area (Å²) in [7, 11) is 0. The molecule has 106 valence electrons. The predicted molar refractivity (Wildman–Crippen MR) is 92.6 cm³/mol. The lowest BCUT2D eigenvalue weighted by atomic mass is 9.78. The van der Waals surface area contributed by atoms with Gasteiger partial charge < -0.3 is 0 Å². The molecule has 0 heterocycles. The Morgan fingerprint density at radius 2 is 1.81 bits per heavy atom. The highest BCUT2D eigenvalue weighted by Crippen LogP contribution is 2.51. The van der Waals surface area contributed by atoms with E-state index in [0.29, 0.717) is 0 Å². The van der Waals surface area contributed by atoms with Gasteiger partial charge in [0.15, 0.2) is 0 Å². The fourth-order valence-electron chi connectivity index (χ4n) is 3.65. The van der Waals surface area contributed by atoms with Gasteiger partial charge in [-0.2, -0.15) is 0 Å². The Kier molecular flexibility index (Phi) is 3.13. The van der Waals surface area contributed by atoms with Crippen molar-refractivity contribution in [1.29, 1.82) is 0 Å². The molecule has 0 N–H and O–H groups in total. The van der Waals surface area contributed by atoms with Gasteiger partial charge in [0.2, 0.25) is 0 Å². The van der Waals surface area contributed by atoms with Crippen LogP contribution in [0.5, 0.6) is 0 Å². The van der Waals surface area contributed by atoms with Gasteiger partial charge in [0, 0.05) is 5.41 Å². The minimum absolute atomic E-state index is 0.0469. The van der Waals surface area contributed by atoms with Crippen LogP contribution in [-0.2, 0) is 5.41 Å². The van der Waals surface area contributed by atoms with Gasteiger partial charge in [-0.1, -0.05) is 69.0 Å². The molecule has 0 saturated heterocycles. The Labute approximate surface area is 127 Å². The van der Waals surface area contributed by atoms with Crippen molar-refractivity contribution in [3.05, 3.63) is 77.4 Å². The minimum atomic E-state index is 0.0469. The van der Waals surface area contributed by atoms with Crippen LogP contribution in [0, 0.1) is 6.92 Å². The molecule has 0 spiro atoms. The fraction of sp³-hybridized carbons (Fsp3) is 0.238. The molecule has 0 atom stereocenters. The van der Waals surface area contributed by atoms with Gasteiger partial charge >= 0.3 is 0 Å². The number of rotatable bonds is 2. The van der Waals surface area contributed by atoms with E-state index in [1.54, 1.807) is 0 Å². The molecule has 0 bridgehead atoms. The normalized spacial score (nSPS) is 15.5. The van der Waals surface area contributed by atoms with E-state index in [9.17, 15) is 0 Å². The van der Waals surface area contributed by atoms with Crippen molar-refractivity contribution < 1.29 is 0 Å². The highest BCUT2D eigenvalue weighted by molar-refractivity contribution is 5.87. The van der Waals surface area contributed by atoms with Crippen molar-refractivity contribution in [2.24, 2.45) is 0 Å². The first-order chi connectivity index (χ1) is 9.96. The molecule has 0 saturated carbocycles. The average Bonchev–Trinajstić information content (AvgIpc) is 2.67. The lowest BCUT2D eigenvalue weighted by Gasteiger charge is -2.25. The number of aryl methyl sites for hydroxylation is 1. The van der Waals surface area contributed by atoms with E-state index < -0.39 is 0 Å². The molecule has 1 aliphatic rings. The third kappa shape index (κ3) is 1.98. The summed E-state index contributed by atoms with van der Waals surface area (Å²) in [6.07, 6.45) is 3.98. The van der Waals surface area contributed by atoms with Crippen molar-refractivity contribution >= 4 is 5.57 Å². The topological polar surface area (TPSA) is 0 Å². The van der Waals surface area contributed by atoms with Crippen LogP contribution in [0.4, 0.5) is 0 Å². The van der Waals surface area contributed by atoms with E-state index in [1.807, 2.05) is 6.08 Å². The Morgan fingerprint density at radius 1 is 1.10 bits per heavy atom. The maximum absolute atomic E-state index is 3.84. The standard InChI is InChI=1S/C21H22/c1-6-9-15(3)17-12-14(2)13-18-16-10-7-8-11-19(16)21(4,5)20(17)18/h6-13H,1H2,2-5H3/b15-9+. The van der Waals surface area contributed by atoms with Gasteiger partial charge in [-0.05, 0) is 52.8 Å². The molecule has 0 unspecified atom stereocenters. The van der Waals surface area contributed by atoms with Crippen LogP contribution in [0.1, 0.15) is 43.0 Å². The van der Waals surface area contributed by atoms with E-state index in [-0.39, 0.29) is 5.41 Å². The SMILES string of the molecule is C=C/C=C(\C)c1cc(C)cc2c1C(C)(C)c1ccccc1-2. The number of hydrogen-bond donors (Lipinski definition) is 0. The third-order valence-corrected chi connectivity index (χ3v) is 4.59. The maximum atomic E-state index is 3.84. The third-order valence-electron chi connectivity index (χ3n) is 4.59. The molecular weight excluding hydrogens is 252 g/mol. The highest BCUT2D eigenvalue weighted by atomic mass is 14.4. The summed E-state index contributed by atoms with van der Waals surface area (Å²) >= 11 is 0. The summed E-state index contributed by atoms with van der Waals surface area (Å²) in [5.41, 5.74) is 9.65. The van der Waals surface area contributed by atoms with Crippen molar-refractivity contribution in [3.8, 4) is 11.1 Å². The van der Waals surface area contributed by atoms with Crippen LogP contribution < -0.4 is 0 Å². The molecular formula is C21H22. The second-order valence-electron chi connectivity index (χ2n) is 6.49. The molecule has 3 rings (SSSR count). The maximum Gasteiger partial charge on any atom is 0.0164 e. The van der Waals surface area contributed by atoms with Gasteiger partial charge in [-0.15, -0.1) is 0 Å². The Hall–Kier alpha value is -2.08. The van der Waals surface area contributed by atoms with Gasteiger partial charge in [0.25, 0.3) is 0 Å². The van der Waals surface area contributed by atoms with Crippen molar-refractivity contribution in [2.75, 3.05) is 0 Å². The van der Waals surface area contributed by atoms with Gasteiger partial charge in [0.1, 0.15) is 0 Å². The second kappa shape index (κ2) is 4.73. The van der Waals surface area contributed by atoms with Gasteiger partial charge in [-0.25, -0.2) is 0 Å². The second-order valence-corrected chi connectivity index (χ2v) is 6.49. The number of hydrogen-bond acceptors (Lipinski definition) is 0. The van der Waals surface area contributed by atoms with E-state index >= 15 is 0 Å². The summed E-state index contributed by atoms with van der Waals surface area (Å²) in [6, 6.07) is 13.4. The number of allylic oxidation sites excluding steroid dienone is 3. The van der Waals surface area contributed by atoms with Crippen molar-refractivity contribution in [1.82, 2.24) is 0 Å². The lowest BCUT2D eigenvalue weighted by Crippen LogP contribution is -2.17. The lowest BCUT2D eigenvalue weighted by molar-refractivity contribution is 0.658. The van der Waals surface area contributed by atoms with Gasteiger partial charge in [0.05, 0.1) is 0 Å². The van der Waals surface area contributed by atoms with Crippen LogP contribution in [0.15, 0.2) is 55.1 Å². The molecule has 0 nitrogen and oxygen atoms in total. The molecule has 0 amide bonds. The summed E-state index contributed by atoms with van der Waals surface area (Å²) in [5.74, 6) is 0. The molecule has 21 heavy (non-hydrogen) atoms. The van der Waals surface area contributed by atoms with Crippen molar-refractivity contribution in [3.63, 3.8) is 0 Å². The zero-order valence-electron chi connectivity index (χ0n) is 13.3. The van der Waals surface area contributed by atoms with Crippen LogP contribution in [0.25, 0.3) is 16.7 Å². The Bertz CT molecular complexity index is 758. The molecule has 0 aliphatic heterocycles. The minimum Gasteiger partial charge on any atom is -0.0991 e. The zero-order chi connectivity index (χ0) is 15.2. The first-order valence-electron chi connectivity index (χ1n) is 7.51. The van der Waals surface area contributed by atoms with E-state index in [1.165, 1.54) is 39.0 Å². The number of fused-ring (bicyclic) bond motifs is 3. The van der Waals surface area contributed by atoms with Crippen LogP contribution >= 0.6 is 0 Å². The van der Waals surface area contributed by atoms with Gasteiger partial charge in [-0.3, -0.25) is 0 Å². The molecule has 0 fully saturated rings. The molecule has 0 radical (unpaired) electrons. The average molecular weight is 274 g/mol. The zero-order valence-corrected chi connectivity index (χ0v) is 13.3. The molecule has 1 aliphatic carbocycles. The summed E-state index contributed by atoms with van der Waals surface area (Å²) in [5, 5.41) is 0. The summed E-state index contributed by atoms with van der Waals surface area (Å²) in [6.45, 7) is 12.9. The molecule has 2 aromatic carbocycles. The Morgan fingerprint density at radius 3 is 2.52 bits per heavy atom. The van der Waals surface area contributed by atoms with Crippen LogP contribution in [0.3, 0.4) is 0 Å². The molecule has 0 heteroatoms. The fourth-order valence-corrected chi connectivity index (χ4v) is 3.65.